The first kappa shape index (κ1) is 16.1. The SMILES string of the molecule is CCCC[C@H](O)[C@@H]1N[C@@H](CO)[C@H](O)[C@H]1O.Cl. The highest BCUT2D eigenvalue weighted by Crippen LogP contribution is 2.19. The number of hydrogen-bond acceptors (Lipinski definition) is 5. The van der Waals surface area contributed by atoms with Crippen molar-refractivity contribution in [3.05, 3.63) is 0 Å². The monoisotopic (exact) mass is 255 g/mol. The van der Waals surface area contributed by atoms with E-state index < -0.39 is 30.4 Å². The van der Waals surface area contributed by atoms with E-state index in [9.17, 15) is 15.3 Å². The van der Waals surface area contributed by atoms with E-state index in [4.69, 9.17) is 5.11 Å². The first-order valence-corrected chi connectivity index (χ1v) is 5.53. The predicted molar refractivity (Wildman–Crippen MR) is 62.6 cm³/mol. The second-order valence-electron chi connectivity index (χ2n) is 4.17. The smallest absolute Gasteiger partial charge is 0.0993 e. The Hall–Kier alpha value is 0.0900. The minimum atomic E-state index is -1.01. The number of aliphatic hydroxyl groups excluding tert-OH is 4. The molecule has 1 fully saturated rings. The molecule has 0 unspecified atom stereocenters. The molecule has 6 heteroatoms. The van der Waals surface area contributed by atoms with Crippen molar-refractivity contribution in [1.82, 2.24) is 5.32 Å². The molecule has 0 amide bonds. The lowest BCUT2D eigenvalue weighted by Crippen LogP contribution is -2.44. The predicted octanol–water partition coefficient (Wildman–Crippen LogP) is -0.986. The molecule has 1 aliphatic rings. The molecule has 0 saturated carbocycles. The molecule has 5 atom stereocenters. The van der Waals surface area contributed by atoms with Gasteiger partial charge in [0.05, 0.1) is 37.0 Å². The largest absolute Gasteiger partial charge is 0.395 e. The Kier molecular flexibility index (Phi) is 7.46. The molecule has 0 spiro atoms. The Bertz CT molecular complexity index is 196. The molecule has 5 N–H and O–H groups in total. The van der Waals surface area contributed by atoms with Crippen LogP contribution in [0.3, 0.4) is 0 Å². The van der Waals surface area contributed by atoms with Gasteiger partial charge in [-0.25, -0.2) is 0 Å². The van der Waals surface area contributed by atoms with Crippen LogP contribution in [-0.4, -0.2) is 57.4 Å². The van der Waals surface area contributed by atoms with E-state index in [1.807, 2.05) is 6.92 Å². The minimum absolute atomic E-state index is 0. The van der Waals surface area contributed by atoms with Gasteiger partial charge in [-0.05, 0) is 6.42 Å². The van der Waals surface area contributed by atoms with Gasteiger partial charge >= 0.3 is 0 Å². The number of halogens is 1. The molecule has 1 heterocycles. The molecule has 0 bridgehead atoms. The highest BCUT2D eigenvalue weighted by molar-refractivity contribution is 5.85. The fourth-order valence-electron chi connectivity index (χ4n) is 1.99. The van der Waals surface area contributed by atoms with E-state index in [2.05, 4.69) is 5.32 Å². The van der Waals surface area contributed by atoms with Crippen LogP contribution in [0.25, 0.3) is 0 Å². The molecular formula is C10H22ClNO4. The quantitative estimate of drug-likeness (QED) is 0.435. The summed E-state index contributed by atoms with van der Waals surface area (Å²) in [6.07, 6.45) is -0.232. The maximum absolute atomic E-state index is 9.77. The van der Waals surface area contributed by atoms with Crippen LogP contribution >= 0.6 is 12.4 Å². The molecule has 5 nitrogen and oxygen atoms in total. The lowest BCUT2D eigenvalue weighted by Gasteiger charge is -2.21. The van der Waals surface area contributed by atoms with Crippen molar-refractivity contribution in [2.45, 2.75) is 56.6 Å². The molecule has 0 radical (unpaired) electrons. The van der Waals surface area contributed by atoms with Gasteiger partial charge in [-0.3, -0.25) is 0 Å². The molecule has 16 heavy (non-hydrogen) atoms. The zero-order valence-electron chi connectivity index (χ0n) is 9.41. The first-order valence-electron chi connectivity index (χ1n) is 5.53. The summed E-state index contributed by atoms with van der Waals surface area (Å²) in [5.74, 6) is 0. The van der Waals surface area contributed by atoms with E-state index in [0.717, 1.165) is 12.8 Å². The summed E-state index contributed by atoms with van der Waals surface area (Å²) in [7, 11) is 0. The van der Waals surface area contributed by atoms with Crippen LogP contribution in [-0.2, 0) is 0 Å². The van der Waals surface area contributed by atoms with Crippen LogP contribution in [0.1, 0.15) is 26.2 Å². The molecule has 1 saturated heterocycles. The van der Waals surface area contributed by atoms with Crippen molar-refractivity contribution in [1.29, 1.82) is 0 Å². The second kappa shape index (κ2) is 7.42. The van der Waals surface area contributed by atoms with Crippen molar-refractivity contribution >= 4 is 12.4 Å². The summed E-state index contributed by atoms with van der Waals surface area (Å²) < 4.78 is 0. The van der Waals surface area contributed by atoms with Gasteiger partial charge in [0, 0.05) is 0 Å². The van der Waals surface area contributed by atoms with Gasteiger partial charge in [0.1, 0.15) is 0 Å². The number of rotatable bonds is 5. The van der Waals surface area contributed by atoms with E-state index in [1.165, 1.54) is 0 Å². The molecule has 1 aliphatic heterocycles. The van der Waals surface area contributed by atoms with Gasteiger partial charge < -0.3 is 25.7 Å². The maximum atomic E-state index is 9.77. The standard InChI is InChI=1S/C10H21NO4.ClH/c1-2-3-4-7(13)8-10(15)9(14)6(5-12)11-8;/h6-15H,2-5H2,1H3;1H/t6-,7-,8-,9-,10-;/m0./s1. The van der Waals surface area contributed by atoms with Gasteiger partial charge in [-0.2, -0.15) is 0 Å². The summed E-state index contributed by atoms with van der Waals surface area (Å²) in [5, 5.41) is 40.7. The summed E-state index contributed by atoms with van der Waals surface area (Å²) >= 11 is 0. The van der Waals surface area contributed by atoms with Gasteiger partial charge in [0.25, 0.3) is 0 Å². The Morgan fingerprint density at radius 2 is 1.88 bits per heavy atom. The van der Waals surface area contributed by atoms with E-state index in [0.29, 0.717) is 6.42 Å². The van der Waals surface area contributed by atoms with Crippen LogP contribution in [0.2, 0.25) is 0 Å². The molecular weight excluding hydrogens is 234 g/mol. The summed E-state index contributed by atoms with van der Waals surface area (Å²) in [6.45, 7) is 1.78. The van der Waals surface area contributed by atoms with Gasteiger partial charge in [0.2, 0.25) is 0 Å². The third-order valence-corrected chi connectivity index (χ3v) is 3.00. The number of aliphatic hydroxyl groups is 4. The molecule has 98 valence electrons. The van der Waals surface area contributed by atoms with Crippen LogP contribution in [0.5, 0.6) is 0 Å². The molecule has 0 aliphatic carbocycles. The Morgan fingerprint density at radius 3 is 2.31 bits per heavy atom. The van der Waals surface area contributed by atoms with Crippen molar-refractivity contribution in [2.24, 2.45) is 0 Å². The topological polar surface area (TPSA) is 93.0 Å². The second-order valence-corrected chi connectivity index (χ2v) is 4.17. The third-order valence-electron chi connectivity index (χ3n) is 3.00. The summed E-state index contributed by atoms with van der Waals surface area (Å²) in [4.78, 5) is 0. The van der Waals surface area contributed by atoms with Gasteiger partial charge in [0.15, 0.2) is 0 Å². The van der Waals surface area contributed by atoms with Crippen molar-refractivity contribution in [3.8, 4) is 0 Å². The lowest BCUT2D eigenvalue weighted by atomic mass is 10.00. The summed E-state index contributed by atoms with van der Waals surface area (Å²) in [6, 6.07) is -1.08. The van der Waals surface area contributed by atoms with Crippen molar-refractivity contribution in [3.63, 3.8) is 0 Å². The van der Waals surface area contributed by atoms with Crippen molar-refractivity contribution < 1.29 is 20.4 Å². The average Bonchev–Trinajstić information content (AvgIpc) is 2.52. The first-order chi connectivity index (χ1) is 7.11. The Balaban J connectivity index is 0.00000225. The molecule has 0 aromatic carbocycles. The molecule has 0 aromatic rings. The fraction of sp³-hybridized carbons (Fsp3) is 1.00. The van der Waals surface area contributed by atoms with Gasteiger partial charge in [-0.1, -0.05) is 19.8 Å². The number of unbranched alkanes of at least 4 members (excludes halogenated alkanes) is 1. The van der Waals surface area contributed by atoms with Crippen LogP contribution in [0, 0.1) is 0 Å². The summed E-state index contributed by atoms with van der Waals surface area (Å²) in [5.41, 5.74) is 0. The minimum Gasteiger partial charge on any atom is -0.395 e. The highest BCUT2D eigenvalue weighted by atomic mass is 35.5. The molecule has 0 aromatic heterocycles. The van der Waals surface area contributed by atoms with E-state index in [-0.39, 0.29) is 19.0 Å². The van der Waals surface area contributed by atoms with E-state index in [1.54, 1.807) is 0 Å². The number of nitrogens with one attached hydrogen (secondary N) is 1. The van der Waals surface area contributed by atoms with Crippen molar-refractivity contribution in [2.75, 3.05) is 6.61 Å². The highest BCUT2D eigenvalue weighted by Gasteiger charge is 2.43. The maximum Gasteiger partial charge on any atom is 0.0993 e. The Labute approximate surface area is 102 Å². The van der Waals surface area contributed by atoms with E-state index >= 15 is 0 Å². The average molecular weight is 256 g/mol. The van der Waals surface area contributed by atoms with Gasteiger partial charge in [-0.15, -0.1) is 12.4 Å². The number of hydrogen-bond donors (Lipinski definition) is 5. The normalized spacial score (nSPS) is 35.8. The lowest BCUT2D eigenvalue weighted by molar-refractivity contribution is -0.00435. The third kappa shape index (κ3) is 3.55. The van der Waals surface area contributed by atoms with Crippen LogP contribution in [0.15, 0.2) is 0 Å². The van der Waals surface area contributed by atoms with Crippen LogP contribution in [0.4, 0.5) is 0 Å². The Morgan fingerprint density at radius 1 is 1.25 bits per heavy atom. The zero-order valence-corrected chi connectivity index (χ0v) is 10.2. The molecule has 1 rings (SSSR count). The zero-order chi connectivity index (χ0) is 11.4. The van der Waals surface area contributed by atoms with Crippen LogP contribution < -0.4 is 5.32 Å². The fourth-order valence-corrected chi connectivity index (χ4v) is 1.99.